The quantitative estimate of drug-likeness (QED) is 0.905. The highest BCUT2D eigenvalue weighted by molar-refractivity contribution is 6.34. The summed E-state index contributed by atoms with van der Waals surface area (Å²) in [6.45, 7) is 2.16. The molecule has 0 bridgehead atoms. The summed E-state index contributed by atoms with van der Waals surface area (Å²) in [6.07, 6.45) is 0.446. The minimum absolute atomic E-state index is 0.0250. The summed E-state index contributed by atoms with van der Waals surface area (Å²) in [4.78, 5) is 11.1. The van der Waals surface area contributed by atoms with E-state index in [2.05, 4.69) is 5.32 Å². The average molecular weight is 262 g/mol. The van der Waals surface area contributed by atoms with E-state index in [1.807, 2.05) is 0 Å². The lowest BCUT2D eigenvalue weighted by molar-refractivity contribution is -0.120. The normalized spacial score (nSPS) is 10.0. The molecule has 88 valence electrons. The van der Waals surface area contributed by atoms with Gasteiger partial charge in [-0.2, -0.15) is 0 Å². The van der Waals surface area contributed by atoms with E-state index in [4.69, 9.17) is 27.9 Å². The standard InChI is InChI=1S/C11H13Cl2NO2/c1-3-11(15)14-6-7-4-9(13)10(16-2)5-8(7)12/h4-5H,3,6H2,1-2H3,(H,14,15). The van der Waals surface area contributed by atoms with Crippen LogP contribution >= 0.6 is 23.2 Å². The molecule has 1 aromatic carbocycles. The van der Waals surface area contributed by atoms with E-state index in [1.54, 1.807) is 19.1 Å². The third-order valence-corrected chi connectivity index (χ3v) is 2.77. The van der Waals surface area contributed by atoms with Crippen molar-refractivity contribution in [3.8, 4) is 5.75 Å². The van der Waals surface area contributed by atoms with Crippen LogP contribution in [0.25, 0.3) is 0 Å². The lowest BCUT2D eigenvalue weighted by Gasteiger charge is -2.09. The molecule has 0 aromatic heterocycles. The second-order valence-corrected chi connectivity index (χ2v) is 4.02. The zero-order valence-corrected chi connectivity index (χ0v) is 10.7. The first-order valence-corrected chi connectivity index (χ1v) is 5.62. The van der Waals surface area contributed by atoms with Crippen LogP contribution in [0.15, 0.2) is 12.1 Å². The predicted octanol–water partition coefficient (Wildman–Crippen LogP) is 3.03. The predicted molar refractivity (Wildman–Crippen MR) is 65.2 cm³/mol. The Hall–Kier alpha value is -0.930. The maximum atomic E-state index is 11.1. The van der Waals surface area contributed by atoms with Gasteiger partial charge < -0.3 is 10.1 Å². The third kappa shape index (κ3) is 3.29. The van der Waals surface area contributed by atoms with Gasteiger partial charge in [-0.3, -0.25) is 4.79 Å². The Kier molecular flexibility index (Phi) is 4.90. The zero-order valence-electron chi connectivity index (χ0n) is 9.14. The molecule has 0 aliphatic rings. The fraction of sp³-hybridized carbons (Fsp3) is 0.364. The topological polar surface area (TPSA) is 38.3 Å². The zero-order chi connectivity index (χ0) is 12.1. The molecule has 1 rings (SSSR count). The van der Waals surface area contributed by atoms with Crippen LogP contribution in [0.3, 0.4) is 0 Å². The average Bonchev–Trinajstić information content (AvgIpc) is 2.29. The minimum Gasteiger partial charge on any atom is -0.495 e. The number of halogens is 2. The molecule has 0 saturated carbocycles. The van der Waals surface area contributed by atoms with Crippen LogP contribution < -0.4 is 10.1 Å². The number of carbonyl (C=O) groups excluding carboxylic acids is 1. The highest BCUT2D eigenvalue weighted by Crippen LogP contribution is 2.30. The van der Waals surface area contributed by atoms with Crippen molar-refractivity contribution in [2.45, 2.75) is 19.9 Å². The van der Waals surface area contributed by atoms with Gasteiger partial charge in [0.1, 0.15) is 5.75 Å². The minimum atomic E-state index is -0.0250. The van der Waals surface area contributed by atoms with Gasteiger partial charge in [-0.25, -0.2) is 0 Å². The smallest absolute Gasteiger partial charge is 0.219 e. The number of hydrogen-bond acceptors (Lipinski definition) is 2. The van der Waals surface area contributed by atoms with Crippen LogP contribution in [0.5, 0.6) is 5.75 Å². The first-order chi connectivity index (χ1) is 7.58. The van der Waals surface area contributed by atoms with E-state index < -0.39 is 0 Å². The largest absolute Gasteiger partial charge is 0.495 e. The van der Waals surface area contributed by atoms with Crippen molar-refractivity contribution in [3.63, 3.8) is 0 Å². The molecule has 0 atom stereocenters. The Morgan fingerprint density at radius 1 is 1.38 bits per heavy atom. The first-order valence-electron chi connectivity index (χ1n) is 4.87. The Morgan fingerprint density at radius 2 is 2.06 bits per heavy atom. The van der Waals surface area contributed by atoms with Crippen molar-refractivity contribution in [2.75, 3.05) is 7.11 Å². The molecule has 1 amide bonds. The molecule has 1 aromatic rings. The van der Waals surface area contributed by atoms with E-state index in [9.17, 15) is 4.79 Å². The Labute approximate surface area is 105 Å². The summed E-state index contributed by atoms with van der Waals surface area (Å²) < 4.78 is 5.02. The summed E-state index contributed by atoms with van der Waals surface area (Å²) in [5.41, 5.74) is 0.772. The van der Waals surface area contributed by atoms with Gasteiger partial charge in [0.05, 0.1) is 12.1 Å². The van der Waals surface area contributed by atoms with Gasteiger partial charge >= 0.3 is 0 Å². The number of benzene rings is 1. The molecule has 3 nitrogen and oxygen atoms in total. The third-order valence-electron chi connectivity index (χ3n) is 2.12. The highest BCUT2D eigenvalue weighted by atomic mass is 35.5. The van der Waals surface area contributed by atoms with Crippen molar-refractivity contribution in [3.05, 3.63) is 27.7 Å². The number of carbonyl (C=O) groups is 1. The van der Waals surface area contributed by atoms with Crippen LogP contribution in [0.1, 0.15) is 18.9 Å². The molecule has 0 saturated heterocycles. The van der Waals surface area contributed by atoms with Crippen molar-refractivity contribution in [2.24, 2.45) is 0 Å². The molecule has 5 heteroatoms. The fourth-order valence-corrected chi connectivity index (χ4v) is 1.66. The molecule has 0 heterocycles. The lowest BCUT2D eigenvalue weighted by atomic mass is 10.2. The van der Waals surface area contributed by atoms with Crippen LogP contribution in [-0.4, -0.2) is 13.0 Å². The highest BCUT2D eigenvalue weighted by Gasteiger charge is 2.08. The summed E-state index contributed by atoms with van der Waals surface area (Å²) in [7, 11) is 1.52. The van der Waals surface area contributed by atoms with E-state index >= 15 is 0 Å². The second kappa shape index (κ2) is 5.97. The van der Waals surface area contributed by atoms with Crippen molar-refractivity contribution < 1.29 is 9.53 Å². The number of rotatable bonds is 4. The van der Waals surface area contributed by atoms with Crippen LogP contribution in [-0.2, 0) is 11.3 Å². The molecule has 0 unspecified atom stereocenters. The van der Waals surface area contributed by atoms with E-state index in [0.717, 1.165) is 5.56 Å². The summed E-state index contributed by atoms with van der Waals surface area (Å²) in [5.74, 6) is 0.500. The maximum Gasteiger partial charge on any atom is 0.219 e. The van der Waals surface area contributed by atoms with Crippen LogP contribution in [0, 0.1) is 0 Å². The summed E-state index contributed by atoms with van der Waals surface area (Å²) >= 11 is 12.0. The van der Waals surface area contributed by atoms with E-state index in [1.165, 1.54) is 7.11 Å². The Morgan fingerprint density at radius 3 is 2.62 bits per heavy atom. The SMILES string of the molecule is CCC(=O)NCc1cc(Cl)c(OC)cc1Cl. The van der Waals surface area contributed by atoms with Gasteiger partial charge in [-0.1, -0.05) is 30.1 Å². The lowest BCUT2D eigenvalue weighted by Crippen LogP contribution is -2.21. The number of ether oxygens (including phenoxy) is 1. The molecule has 0 fully saturated rings. The van der Waals surface area contributed by atoms with Gasteiger partial charge in [0.25, 0.3) is 0 Å². The Balaban J connectivity index is 2.81. The van der Waals surface area contributed by atoms with Gasteiger partial charge in [0.2, 0.25) is 5.91 Å². The van der Waals surface area contributed by atoms with Crippen LogP contribution in [0.4, 0.5) is 0 Å². The van der Waals surface area contributed by atoms with Crippen molar-refractivity contribution in [1.29, 1.82) is 0 Å². The van der Waals surface area contributed by atoms with Crippen molar-refractivity contribution in [1.82, 2.24) is 5.32 Å². The second-order valence-electron chi connectivity index (χ2n) is 3.21. The number of hydrogen-bond donors (Lipinski definition) is 1. The fourth-order valence-electron chi connectivity index (χ4n) is 1.18. The molecule has 1 N–H and O–H groups in total. The van der Waals surface area contributed by atoms with Gasteiger partial charge in [0, 0.05) is 24.1 Å². The molecule has 16 heavy (non-hydrogen) atoms. The van der Waals surface area contributed by atoms with Gasteiger partial charge in [-0.05, 0) is 11.6 Å². The molecule has 0 radical (unpaired) electrons. The summed E-state index contributed by atoms with van der Waals surface area (Å²) in [6, 6.07) is 3.33. The van der Waals surface area contributed by atoms with E-state index in [0.29, 0.717) is 28.8 Å². The number of nitrogens with one attached hydrogen (secondary N) is 1. The van der Waals surface area contributed by atoms with Gasteiger partial charge in [0.15, 0.2) is 0 Å². The summed E-state index contributed by atoms with van der Waals surface area (Å²) in [5, 5.41) is 3.74. The number of methoxy groups -OCH3 is 1. The van der Waals surface area contributed by atoms with E-state index in [-0.39, 0.29) is 5.91 Å². The van der Waals surface area contributed by atoms with Crippen LogP contribution in [0.2, 0.25) is 10.0 Å². The van der Waals surface area contributed by atoms with Gasteiger partial charge in [-0.15, -0.1) is 0 Å². The maximum absolute atomic E-state index is 11.1. The Bertz CT molecular complexity index is 394. The first kappa shape index (κ1) is 13.1. The molecule has 0 spiro atoms. The van der Waals surface area contributed by atoms with Crippen molar-refractivity contribution >= 4 is 29.1 Å². The molecule has 0 aliphatic heterocycles. The molecular formula is C11H13Cl2NO2. The molecule has 0 aliphatic carbocycles. The monoisotopic (exact) mass is 261 g/mol. The molecular weight excluding hydrogens is 249 g/mol. The number of amides is 1.